The van der Waals surface area contributed by atoms with Crippen LogP contribution in [-0.2, 0) is 11.4 Å². The summed E-state index contributed by atoms with van der Waals surface area (Å²) in [7, 11) is 0. The van der Waals surface area contributed by atoms with Crippen molar-refractivity contribution in [1.82, 2.24) is 9.56 Å². The van der Waals surface area contributed by atoms with E-state index in [2.05, 4.69) is 10.3 Å². The van der Waals surface area contributed by atoms with Crippen molar-refractivity contribution in [3.8, 4) is 5.75 Å². The number of aryl methyl sites for hydroxylation is 1. The first kappa shape index (κ1) is 16.7. The lowest BCUT2D eigenvalue weighted by Crippen LogP contribution is -2.16. The highest BCUT2D eigenvalue weighted by Crippen LogP contribution is 2.33. The quantitative estimate of drug-likeness (QED) is 0.742. The molecule has 0 saturated heterocycles. The minimum absolute atomic E-state index is 0.0242. The summed E-state index contributed by atoms with van der Waals surface area (Å²) in [6.45, 7) is 1.80. The molecule has 7 nitrogen and oxygen atoms in total. The summed E-state index contributed by atoms with van der Waals surface area (Å²) in [5.74, 6) is 1.07. The third-order valence-electron chi connectivity index (χ3n) is 4.05. The molecule has 1 aliphatic rings. The van der Waals surface area contributed by atoms with E-state index in [0.29, 0.717) is 33.6 Å². The van der Waals surface area contributed by atoms with Crippen LogP contribution in [0.5, 0.6) is 5.75 Å². The molecule has 0 unspecified atom stereocenters. The fourth-order valence-corrected chi connectivity index (χ4v) is 2.76. The fraction of sp³-hybridized carbons (Fsp3) is 0.278. The van der Waals surface area contributed by atoms with Crippen molar-refractivity contribution in [2.75, 3.05) is 5.32 Å². The first-order valence-electron chi connectivity index (χ1n) is 8.22. The Morgan fingerprint density at radius 1 is 1.38 bits per heavy atom. The zero-order valence-electron chi connectivity index (χ0n) is 14.0. The lowest BCUT2D eigenvalue weighted by molar-refractivity contribution is -0.117. The Bertz CT molecular complexity index is 1050. The third-order valence-corrected chi connectivity index (χ3v) is 4.28. The number of fused-ring (bicyclic) bond motifs is 1. The van der Waals surface area contributed by atoms with Gasteiger partial charge in [-0.1, -0.05) is 11.6 Å². The highest BCUT2D eigenvalue weighted by molar-refractivity contribution is 6.30. The number of anilines is 1. The smallest absolute Gasteiger partial charge is 0.287 e. The number of carbonyl (C=O) groups excluding carboxylic acids is 1. The normalized spacial score (nSPS) is 13.8. The number of hydrogen-bond acceptors (Lipinski definition) is 5. The predicted octanol–water partition coefficient (Wildman–Crippen LogP) is 3.18. The van der Waals surface area contributed by atoms with E-state index in [9.17, 15) is 9.59 Å². The molecular formula is C18H16ClN3O4. The van der Waals surface area contributed by atoms with Crippen molar-refractivity contribution in [2.45, 2.75) is 26.4 Å². The first-order chi connectivity index (χ1) is 12.5. The van der Waals surface area contributed by atoms with Gasteiger partial charge in [-0.2, -0.15) is 0 Å². The Hall–Kier alpha value is -2.80. The van der Waals surface area contributed by atoms with Gasteiger partial charge in [-0.15, -0.1) is 4.57 Å². The molecule has 0 spiro atoms. The summed E-state index contributed by atoms with van der Waals surface area (Å²) in [4.78, 5) is 28.4. The zero-order valence-corrected chi connectivity index (χ0v) is 14.7. The van der Waals surface area contributed by atoms with Gasteiger partial charge in [-0.3, -0.25) is 9.59 Å². The van der Waals surface area contributed by atoms with Gasteiger partial charge in [0.15, 0.2) is 5.65 Å². The molecule has 1 fully saturated rings. The predicted molar refractivity (Wildman–Crippen MR) is 95.6 cm³/mol. The number of rotatable bonds is 5. The van der Waals surface area contributed by atoms with Crippen LogP contribution in [0.4, 0.5) is 5.69 Å². The van der Waals surface area contributed by atoms with Crippen LogP contribution < -0.4 is 15.6 Å². The Labute approximate surface area is 153 Å². The average Bonchev–Trinajstić information content (AvgIpc) is 3.37. The molecule has 1 saturated carbocycles. The second-order valence-electron chi connectivity index (χ2n) is 6.28. The summed E-state index contributed by atoms with van der Waals surface area (Å²) in [5, 5.41) is 3.34. The van der Waals surface area contributed by atoms with Gasteiger partial charge in [0.1, 0.15) is 18.1 Å². The van der Waals surface area contributed by atoms with Crippen LogP contribution in [0.1, 0.15) is 24.3 Å². The van der Waals surface area contributed by atoms with Crippen molar-refractivity contribution < 1.29 is 14.1 Å². The second-order valence-corrected chi connectivity index (χ2v) is 6.71. The molecule has 26 heavy (non-hydrogen) atoms. The summed E-state index contributed by atoms with van der Waals surface area (Å²) in [6, 6.07) is 8.02. The van der Waals surface area contributed by atoms with Crippen molar-refractivity contribution in [3.05, 3.63) is 57.2 Å². The molecule has 0 radical (unpaired) electrons. The molecular weight excluding hydrogens is 358 g/mol. The van der Waals surface area contributed by atoms with Gasteiger partial charge < -0.3 is 14.6 Å². The fourth-order valence-electron chi connectivity index (χ4n) is 2.60. The summed E-state index contributed by atoms with van der Waals surface area (Å²) < 4.78 is 12.2. The van der Waals surface area contributed by atoms with Crippen molar-refractivity contribution in [1.29, 1.82) is 0 Å². The molecule has 1 aliphatic carbocycles. The van der Waals surface area contributed by atoms with Gasteiger partial charge in [0.25, 0.3) is 5.56 Å². The van der Waals surface area contributed by atoms with E-state index in [-0.39, 0.29) is 24.0 Å². The van der Waals surface area contributed by atoms with E-state index < -0.39 is 0 Å². The van der Waals surface area contributed by atoms with E-state index in [0.717, 1.165) is 17.4 Å². The summed E-state index contributed by atoms with van der Waals surface area (Å²) >= 11 is 6.04. The molecule has 1 N–H and O–H groups in total. The van der Waals surface area contributed by atoms with Crippen LogP contribution in [-0.4, -0.2) is 15.5 Å². The van der Waals surface area contributed by atoms with Crippen LogP contribution in [0.2, 0.25) is 5.02 Å². The molecule has 2 aromatic heterocycles. The molecule has 0 aliphatic heterocycles. The number of aromatic nitrogens is 2. The van der Waals surface area contributed by atoms with Gasteiger partial charge in [0.05, 0.1) is 11.4 Å². The Morgan fingerprint density at radius 2 is 2.19 bits per heavy atom. The molecule has 1 aromatic carbocycles. The van der Waals surface area contributed by atoms with Crippen LogP contribution in [0.3, 0.4) is 0 Å². The summed E-state index contributed by atoms with van der Waals surface area (Å²) in [6.07, 6.45) is 1.82. The minimum Gasteiger partial charge on any atom is -0.485 e. The molecule has 134 valence electrons. The number of nitrogens with zero attached hydrogens (tertiary/aromatic N) is 2. The number of nitrogens with one attached hydrogen (secondary N) is 1. The molecule has 4 rings (SSSR count). The van der Waals surface area contributed by atoms with Crippen LogP contribution in [0.25, 0.3) is 5.65 Å². The van der Waals surface area contributed by atoms with E-state index in [1.807, 2.05) is 0 Å². The monoisotopic (exact) mass is 373 g/mol. The van der Waals surface area contributed by atoms with Crippen molar-refractivity contribution in [3.63, 3.8) is 0 Å². The lowest BCUT2D eigenvalue weighted by atomic mass is 10.2. The Morgan fingerprint density at radius 3 is 2.96 bits per heavy atom. The van der Waals surface area contributed by atoms with Crippen LogP contribution in [0, 0.1) is 12.8 Å². The molecule has 0 bridgehead atoms. The van der Waals surface area contributed by atoms with Crippen LogP contribution in [0.15, 0.2) is 39.6 Å². The Kier molecular flexibility index (Phi) is 4.16. The SMILES string of the molecule is Cc1cc2nc(COc3cc(Cl)ccc3NC(=O)C3CC3)cc(=O)n2o1. The number of ether oxygens (including phenoxy) is 1. The molecule has 8 heteroatoms. The molecule has 0 atom stereocenters. The average molecular weight is 374 g/mol. The molecule has 2 heterocycles. The van der Waals surface area contributed by atoms with E-state index in [1.165, 1.54) is 6.07 Å². The highest BCUT2D eigenvalue weighted by atomic mass is 35.5. The third kappa shape index (κ3) is 3.43. The minimum atomic E-state index is -0.324. The number of hydrogen-bond donors (Lipinski definition) is 1. The molecule has 1 amide bonds. The van der Waals surface area contributed by atoms with Gasteiger partial charge >= 0.3 is 0 Å². The number of halogens is 1. The standard InChI is InChI=1S/C18H16ClN3O4/c1-10-6-16-20-13(8-17(23)22(16)26-10)9-25-15-7-12(19)4-5-14(15)21-18(24)11-2-3-11/h4-8,11H,2-3,9H2,1H3,(H,21,24). The Balaban J connectivity index is 1.56. The van der Waals surface area contributed by atoms with Crippen molar-refractivity contribution in [2.24, 2.45) is 5.92 Å². The molecule has 3 aromatic rings. The van der Waals surface area contributed by atoms with Crippen LogP contribution >= 0.6 is 11.6 Å². The van der Waals surface area contributed by atoms with E-state index in [1.54, 1.807) is 31.2 Å². The number of carbonyl (C=O) groups is 1. The highest BCUT2D eigenvalue weighted by Gasteiger charge is 2.30. The van der Waals surface area contributed by atoms with Crippen molar-refractivity contribution >= 4 is 28.8 Å². The second kappa shape index (κ2) is 6.49. The first-order valence-corrected chi connectivity index (χ1v) is 8.60. The largest absolute Gasteiger partial charge is 0.485 e. The maximum absolute atomic E-state index is 12.1. The lowest BCUT2D eigenvalue weighted by Gasteiger charge is -2.12. The van der Waals surface area contributed by atoms with Gasteiger partial charge in [-0.25, -0.2) is 4.98 Å². The van der Waals surface area contributed by atoms with Gasteiger partial charge in [0, 0.05) is 29.1 Å². The topological polar surface area (TPSA) is 85.8 Å². The zero-order chi connectivity index (χ0) is 18.3. The maximum atomic E-state index is 12.1. The van der Waals surface area contributed by atoms with Gasteiger partial charge in [0.2, 0.25) is 5.91 Å². The number of amides is 1. The summed E-state index contributed by atoms with van der Waals surface area (Å²) in [5.41, 5.74) is 1.09. The van der Waals surface area contributed by atoms with Gasteiger partial charge in [-0.05, 0) is 31.9 Å². The van der Waals surface area contributed by atoms with E-state index in [4.69, 9.17) is 20.9 Å². The van der Waals surface area contributed by atoms with E-state index >= 15 is 0 Å². The maximum Gasteiger partial charge on any atom is 0.287 e. The number of benzene rings is 1.